The van der Waals surface area contributed by atoms with E-state index in [4.69, 9.17) is 9.84 Å². The molecule has 1 N–H and O–H groups in total. The highest BCUT2D eigenvalue weighted by Crippen LogP contribution is 2.33. The van der Waals surface area contributed by atoms with Crippen molar-refractivity contribution in [3.8, 4) is 5.75 Å². The van der Waals surface area contributed by atoms with Crippen LogP contribution < -0.4 is 9.64 Å². The van der Waals surface area contributed by atoms with Gasteiger partial charge in [-0.2, -0.15) is 0 Å². The normalized spacial score (nSPS) is 22.2. The van der Waals surface area contributed by atoms with Gasteiger partial charge in [-0.1, -0.05) is 12.1 Å². The molecule has 7 heteroatoms. The first-order valence-electron chi connectivity index (χ1n) is 9.52. The lowest BCUT2D eigenvalue weighted by Crippen LogP contribution is -2.47. The third-order valence-corrected chi connectivity index (χ3v) is 5.26. The Morgan fingerprint density at radius 2 is 2.04 bits per heavy atom. The number of fused-ring (bicyclic) bond motifs is 1. The number of benzene rings is 1. The molecule has 0 saturated carbocycles. The van der Waals surface area contributed by atoms with Crippen LogP contribution in [0.4, 0.5) is 5.69 Å². The van der Waals surface area contributed by atoms with Crippen LogP contribution in [0.15, 0.2) is 24.3 Å². The van der Waals surface area contributed by atoms with Gasteiger partial charge in [0.2, 0.25) is 5.91 Å². The van der Waals surface area contributed by atoms with E-state index in [-0.39, 0.29) is 30.6 Å². The quantitative estimate of drug-likeness (QED) is 0.826. The summed E-state index contributed by atoms with van der Waals surface area (Å²) in [7, 11) is 0. The van der Waals surface area contributed by atoms with Gasteiger partial charge in [0, 0.05) is 32.5 Å². The van der Waals surface area contributed by atoms with E-state index < -0.39 is 12.1 Å². The van der Waals surface area contributed by atoms with E-state index in [1.54, 1.807) is 11.8 Å². The molecular formula is C20H26N2O5. The van der Waals surface area contributed by atoms with Crippen LogP contribution in [0.5, 0.6) is 5.75 Å². The Balaban J connectivity index is 1.58. The van der Waals surface area contributed by atoms with Crippen LogP contribution in [-0.4, -0.2) is 53.5 Å². The number of carboxylic acids is 1. The molecule has 0 radical (unpaired) electrons. The fourth-order valence-electron chi connectivity index (χ4n) is 3.81. The first-order chi connectivity index (χ1) is 13.0. The van der Waals surface area contributed by atoms with Crippen molar-refractivity contribution in [3.63, 3.8) is 0 Å². The Morgan fingerprint density at radius 3 is 2.81 bits per heavy atom. The average molecular weight is 374 g/mol. The fourth-order valence-corrected chi connectivity index (χ4v) is 3.81. The lowest BCUT2D eigenvalue weighted by molar-refractivity contribution is -0.137. The molecule has 1 fully saturated rings. The Labute approximate surface area is 158 Å². The number of likely N-dealkylation sites (tertiary alicyclic amines) is 1. The molecule has 2 heterocycles. The van der Waals surface area contributed by atoms with Crippen molar-refractivity contribution >= 4 is 23.5 Å². The number of hydrogen-bond donors (Lipinski definition) is 1. The molecule has 2 amide bonds. The first kappa shape index (κ1) is 19.2. The molecule has 0 spiro atoms. The van der Waals surface area contributed by atoms with Crippen LogP contribution in [0.3, 0.4) is 0 Å². The average Bonchev–Trinajstić information content (AvgIpc) is 2.67. The molecule has 3 rings (SSSR count). The Morgan fingerprint density at radius 1 is 1.26 bits per heavy atom. The van der Waals surface area contributed by atoms with E-state index in [2.05, 4.69) is 0 Å². The van der Waals surface area contributed by atoms with Crippen LogP contribution in [0.25, 0.3) is 0 Å². The zero-order valence-corrected chi connectivity index (χ0v) is 15.6. The Hall–Kier alpha value is -2.57. The third kappa shape index (κ3) is 4.59. The number of nitrogens with zero attached hydrogens (tertiary/aromatic N) is 2. The predicted octanol–water partition coefficient (Wildman–Crippen LogP) is 2.29. The number of anilines is 1. The van der Waals surface area contributed by atoms with E-state index in [1.807, 2.05) is 29.2 Å². The number of hydrogen-bond acceptors (Lipinski definition) is 4. The summed E-state index contributed by atoms with van der Waals surface area (Å²) in [5.74, 6) is -0.0238. The van der Waals surface area contributed by atoms with E-state index in [1.165, 1.54) is 0 Å². The predicted molar refractivity (Wildman–Crippen MR) is 99.7 cm³/mol. The number of amides is 2. The van der Waals surface area contributed by atoms with Crippen LogP contribution in [0.2, 0.25) is 0 Å². The topological polar surface area (TPSA) is 87.2 Å². The molecule has 1 aromatic carbocycles. The molecule has 7 nitrogen and oxygen atoms in total. The second-order valence-corrected chi connectivity index (χ2v) is 7.25. The molecule has 27 heavy (non-hydrogen) atoms. The molecule has 0 aromatic heterocycles. The third-order valence-electron chi connectivity index (χ3n) is 5.26. The standard InChI is InChI=1S/C20H26N2O5/c1-14-20(26)22(16-6-2-3-7-17(16)27-14)12-10-18(23)21-11-4-5-15(13-21)8-9-19(24)25/h2-3,6-7,14-15H,4-5,8-13H2,1H3,(H,24,25). The summed E-state index contributed by atoms with van der Waals surface area (Å²) in [5, 5.41) is 8.85. The summed E-state index contributed by atoms with van der Waals surface area (Å²) in [6.07, 6.45) is 2.29. The van der Waals surface area contributed by atoms with Crippen LogP contribution >= 0.6 is 0 Å². The molecule has 2 aliphatic heterocycles. The van der Waals surface area contributed by atoms with Gasteiger partial charge in [0.05, 0.1) is 5.69 Å². The van der Waals surface area contributed by atoms with Gasteiger partial charge in [-0.15, -0.1) is 0 Å². The van der Waals surface area contributed by atoms with Crippen molar-refractivity contribution in [3.05, 3.63) is 24.3 Å². The maximum atomic E-state index is 12.7. The summed E-state index contributed by atoms with van der Waals surface area (Å²) < 4.78 is 5.62. The van der Waals surface area contributed by atoms with Crippen LogP contribution in [0.1, 0.15) is 39.0 Å². The van der Waals surface area contributed by atoms with E-state index in [9.17, 15) is 14.4 Å². The molecule has 1 aromatic rings. The second kappa shape index (κ2) is 8.41. The van der Waals surface area contributed by atoms with Gasteiger partial charge in [-0.05, 0) is 44.2 Å². The number of para-hydroxylation sites is 2. The number of carbonyl (C=O) groups is 3. The lowest BCUT2D eigenvalue weighted by Gasteiger charge is -2.35. The summed E-state index contributed by atoms with van der Waals surface area (Å²) in [4.78, 5) is 39.4. The maximum absolute atomic E-state index is 12.7. The van der Waals surface area contributed by atoms with Crippen molar-refractivity contribution in [2.75, 3.05) is 24.5 Å². The minimum Gasteiger partial charge on any atom is -0.481 e. The van der Waals surface area contributed by atoms with Gasteiger partial charge in [0.25, 0.3) is 5.91 Å². The summed E-state index contributed by atoms with van der Waals surface area (Å²) in [5.41, 5.74) is 0.700. The van der Waals surface area contributed by atoms with Gasteiger partial charge in [0.1, 0.15) is 5.75 Å². The number of carboxylic acid groups (broad SMARTS) is 1. The van der Waals surface area contributed by atoms with Gasteiger partial charge in [-0.3, -0.25) is 14.4 Å². The molecular weight excluding hydrogens is 348 g/mol. The number of ether oxygens (including phenoxy) is 1. The minimum atomic E-state index is -0.794. The van der Waals surface area contributed by atoms with E-state index >= 15 is 0 Å². The molecule has 146 valence electrons. The SMILES string of the molecule is CC1Oc2ccccc2N(CCC(=O)N2CCCC(CCC(=O)O)C2)C1=O. The molecule has 2 aliphatic rings. The maximum Gasteiger partial charge on any atom is 0.303 e. The molecule has 2 unspecified atom stereocenters. The molecule has 0 bridgehead atoms. The number of carbonyl (C=O) groups excluding carboxylic acids is 2. The van der Waals surface area contributed by atoms with Crippen molar-refractivity contribution < 1.29 is 24.2 Å². The smallest absolute Gasteiger partial charge is 0.303 e. The zero-order valence-electron chi connectivity index (χ0n) is 15.6. The number of rotatable bonds is 6. The Bertz CT molecular complexity index is 720. The van der Waals surface area contributed by atoms with E-state index in [0.717, 1.165) is 12.8 Å². The minimum absolute atomic E-state index is 0.0134. The number of aliphatic carboxylic acids is 1. The van der Waals surface area contributed by atoms with Crippen LogP contribution in [0, 0.1) is 5.92 Å². The van der Waals surface area contributed by atoms with E-state index in [0.29, 0.717) is 37.5 Å². The molecule has 2 atom stereocenters. The highest BCUT2D eigenvalue weighted by molar-refractivity contribution is 6.00. The fraction of sp³-hybridized carbons (Fsp3) is 0.550. The van der Waals surface area contributed by atoms with Crippen molar-refractivity contribution in [2.24, 2.45) is 5.92 Å². The van der Waals surface area contributed by atoms with Gasteiger partial charge in [-0.25, -0.2) is 0 Å². The summed E-state index contributed by atoms with van der Waals surface area (Å²) in [6.45, 7) is 3.34. The monoisotopic (exact) mass is 374 g/mol. The van der Waals surface area contributed by atoms with Crippen molar-refractivity contribution in [1.82, 2.24) is 4.90 Å². The van der Waals surface area contributed by atoms with Crippen molar-refractivity contribution in [2.45, 2.75) is 45.1 Å². The van der Waals surface area contributed by atoms with Crippen LogP contribution in [-0.2, 0) is 14.4 Å². The zero-order chi connectivity index (χ0) is 19.4. The van der Waals surface area contributed by atoms with Gasteiger partial charge >= 0.3 is 5.97 Å². The molecule has 0 aliphatic carbocycles. The molecule has 1 saturated heterocycles. The van der Waals surface area contributed by atoms with Gasteiger partial charge in [0.15, 0.2) is 6.10 Å². The largest absolute Gasteiger partial charge is 0.481 e. The highest BCUT2D eigenvalue weighted by atomic mass is 16.5. The highest BCUT2D eigenvalue weighted by Gasteiger charge is 2.32. The summed E-state index contributed by atoms with van der Waals surface area (Å²) in [6, 6.07) is 7.35. The first-order valence-corrected chi connectivity index (χ1v) is 9.52. The second-order valence-electron chi connectivity index (χ2n) is 7.25. The lowest BCUT2D eigenvalue weighted by atomic mass is 9.93. The Kier molecular flexibility index (Phi) is 5.98. The summed E-state index contributed by atoms with van der Waals surface area (Å²) >= 11 is 0. The number of piperidine rings is 1. The van der Waals surface area contributed by atoms with Crippen molar-refractivity contribution in [1.29, 1.82) is 0 Å². The van der Waals surface area contributed by atoms with Gasteiger partial charge < -0.3 is 19.6 Å².